The molecule has 64 heavy (non-hydrogen) atoms. The van der Waals surface area contributed by atoms with Crippen LogP contribution in [-0.2, 0) is 28.5 Å². The van der Waals surface area contributed by atoms with Crippen LogP contribution in [0.3, 0.4) is 0 Å². The smallest absolute Gasteiger partial charge is 0.195 e. The maximum Gasteiger partial charge on any atom is 0.195 e. The molecule has 0 aliphatic carbocycles. The monoisotopic (exact) mass is 940 g/mol. The second kappa shape index (κ2) is 29.1. The molecule has 380 valence electrons. The van der Waals surface area contributed by atoms with Crippen LogP contribution < -0.4 is 21.4 Å². The van der Waals surface area contributed by atoms with Crippen LogP contribution in [0.15, 0.2) is 0 Å². The second-order valence-corrected chi connectivity index (χ2v) is 16.5. The molecule has 0 spiro atoms. The number of hydrogen-bond donors (Lipinski definition) is 19. The van der Waals surface area contributed by atoms with E-state index in [1.165, 1.54) is 11.8 Å². The lowest BCUT2D eigenvalue weighted by molar-refractivity contribution is -0.404. The summed E-state index contributed by atoms with van der Waals surface area (Å²) in [5.41, 5.74) is 2.40. The van der Waals surface area contributed by atoms with Crippen LogP contribution in [0.2, 0.25) is 0 Å². The van der Waals surface area contributed by atoms with Crippen molar-refractivity contribution in [2.75, 3.05) is 45.9 Å². The number of ether oxygens (including phenoxy) is 5. The van der Waals surface area contributed by atoms with Crippen molar-refractivity contribution in [3.8, 4) is 0 Å². The summed E-state index contributed by atoms with van der Waals surface area (Å²) in [6.07, 6.45) is -26.5. The molecule has 3 aliphatic heterocycles. The molecular formula is C38H77N5O21. The molecule has 0 aromatic rings. The summed E-state index contributed by atoms with van der Waals surface area (Å²) in [5, 5.41) is 163. The number of hydroxylamine groups is 1. The first kappa shape index (κ1) is 57.3. The van der Waals surface area contributed by atoms with E-state index in [0.29, 0.717) is 51.7 Å². The van der Waals surface area contributed by atoms with E-state index in [4.69, 9.17) is 38.7 Å². The minimum atomic E-state index is -1.98. The molecule has 26 heteroatoms. The summed E-state index contributed by atoms with van der Waals surface area (Å²) in [6.45, 7) is 4.61. The van der Waals surface area contributed by atoms with Crippen molar-refractivity contribution in [2.24, 2.45) is 5.92 Å². The molecule has 3 saturated heterocycles. The zero-order chi connectivity index (χ0) is 47.7. The highest BCUT2D eigenvalue weighted by molar-refractivity contribution is 4.97. The number of aliphatic hydroxyl groups is 15. The van der Waals surface area contributed by atoms with Crippen molar-refractivity contribution in [3.63, 3.8) is 0 Å². The molecule has 0 aromatic carbocycles. The second-order valence-electron chi connectivity index (χ2n) is 16.5. The van der Waals surface area contributed by atoms with Crippen LogP contribution in [0.5, 0.6) is 0 Å². The van der Waals surface area contributed by atoms with Gasteiger partial charge < -0.3 is 106 Å². The Bertz CT molecular complexity index is 1250. The normalized spacial score (nSPS) is 35.6. The van der Waals surface area contributed by atoms with Gasteiger partial charge in [-0.05, 0) is 45.6 Å². The van der Waals surface area contributed by atoms with Crippen LogP contribution in [0.4, 0.5) is 0 Å². The van der Waals surface area contributed by atoms with E-state index < -0.39 is 143 Å². The zero-order valence-electron chi connectivity index (χ0n) is 36.6. The van der Waals surface area contributed by atoms with Crippen molar-refractivity contribution in [3.05, 3.63) is 0 Å². The summed E-state index contributed by atoms with van der Waals surface area (Å²) in [4.78, 5) is 7.04. The number of rotatable bonds is 30. The van der Waals surface area contributed by atoms with Gasteiger partial charge in [0.05, 0.1) is 38.0 Å². The maximum atomic E-state index is 11.5. The molecule has 3 rings (SSSR count). The summed E-state index contributed by atoms with van der Waals surface area (Å²) in [7, 11) is 0. The summed E-state index contributed by atoms with van der Waals surface area (Å²) >= 11 is 0. The van der Waals surface area contributed by atoms with Crippen molar-refractivity contribution in [1.29, 1.82) is 0 Å². The van der Waals surface area contributed by atoms with Gasteiger partial charge in [0.2, 0.25) is 0 Å². The van der Waals surface area contributed by atoms with Crippen LogP contribution in [0, 0.1) is 5.92 Å². The van der Waals surface area contributed by atoms with E-state index in [9.17, 15) is 66.4 Å². The molecule has 0 bridgehead atoms. The largest absolute Gasteiger partial charge is 0.394 e. The average Bonchev–Trinajstić information content (AvgIpc) is 3.25. The Morgan fingerprint density at radius 3 is 2.02 bits per heavy atom. The molecule has 20 atom stereocenters. The first-order chi connectivity index (χ1) is 30.4. The predicted octanol–water partition coefficient (Wildman–Crippen LogP) is -8.02. The number of nitrogens with zero attached hydrogens (tertiary/aromatic N) is 1. The van der Waals surface area contributed by atoms with E-state index >= 15 is 0 Å². The molecular weight excluding hydrogens is 862 g/mol. The van der Waals surface area contributed by atoms with Gasteiger partial charge in [-0.25, -0.2) is 0 Å². The fraction of sp³-hybridized carbons (Fsp3) is 1.00. The van der Waals surface area contributed by atoms with Crippen LogP contribution >= 0.6 is 0 Å². The molecule has 3 fully saturated rings. The number of nitrogens with one attached hydrogen (secondary N) is 4. The molecule has 3 heterocycles. The third-order valence-electron chi connectivity index (χ3n) is 11.3. The number of unbranched alkanes of at least 4 members (excludes halogenated alkanes) is 1. The maximum absolute atomic E-state index is 11.5. The Kier molecular flexibility index (Phi) is 26.0. The molecule has 0 aromatic heterocycles. The lowest BCUT2D eigenvalue weighted by Gasteiger charge is -2.48. The van der Waals surface area contributed by atoms with E-state index in [2.05, 4.69) is 21.4 Å². The van der Waals surface area contributed by atoms with Crippen molar-refractivity contribution >= 4 is 0 Å². The zero-order valence-corrected chi connectivity index (χ0v) is 36.6. The molecule has 0 radical (unpaired) electrons. The van der Waals surface area contributed by atoms with Crippen LogP contribution in [0.1, 0.15) is 65.7 Å². The summed E-state index contributed by atoms with van der Waals surface area (Å²) in [6, 6.07) is -1.33. The first-order valence-corrected chi connectivity index (χ1v) is 22.1. The number of hydrogen-bond acceptors (Lipinski definition) is 26. The highest BCUT2D eigenvalue weighted by Crippen LogP contribution is 2.35. The molecule has 3 aliphatic rings. The summed E-state index contributed by atoms with van der Waals surface area (Å²) in [5.74, 6) is -0.669. The Labute approximate surface area is 372 Å². The number of likely N-dealkylation sites (N-methyl/N-ethyl adjacent to an activating group) is 1. The minimum Gasteiger partial charge on any atom is -0.394 e. The van der Waals surface area contributed by atoms with Gasteiger partial charge in [0.15, 0.2) is 31.5 Å². The Morgan fingerprint density at radius 2 is 1.42 bits per heavy atom. The van der Waals surface area contributed by atoms with E-state index in [1.807, 2.05) is 6.92 Å². The molecule has 19 N–H and O–H groups in total. The van der Waals surface area contributed by atoms with Gasteiger partial charge in [-0.3, -0.25) is 20.4 Å². The van der Waals surface area contributed by atoms with E-state index in [-0.39, 0.29) is 25.9 Å². The van der Waals surface area contributed by atoms with Crippen molar-refractivity contribution < 1.29 is 105 Å². The quantitative estimate of drug-likeness (QED) is 0.0181. The van der Waals surface area contributed by atoms with Gasteiger partial charge >= 0.3 is 0 Å². The molecule has 26 nitrogen and oxygen atoms in total. The molecule has 0 saturated carbocycles. The van der Waals surface area contributed by atoms with Gasteiger partial charge in [-0.2, -0.15) is 5.48 Å². The SMILES string of the molecule is CCCC1C(O)CC(OC2OC(OC3C(CO)OC(ONC(O)CCCCC(O)NCCNCC(O)N(CC)CC(O)O)C(NC(C)O)C3O)C(O)C(O)C2O)OC1C(O)C(O)CO. The van der Waals surface area contributed by atoms with E-state index in [0.717, 1.165) is 0 Å². The predicted molar refractivity (Wildman–Crippen MR) is 217 cm³/mol. The Balaban J connectivity index is 1.53. The Morgan fingerprint density at radius 1 is 0.766 bits per heavy atom. The third kappa shape index (κ3) is 17.5. The van der Waals surface area contributed by atoms with Gasteiger partial charge in [0.1, 0.15) is 73.7 Å². The lowest BCUT2D eigenvalue weighted by Crippen LogP contribution is -2.68. The highest BCUT2D eigenvalue weighted by atomic mass is 16.8. The molecule has 0 amide bonds. The van der Waals surface area contributed by atoms with Gasteiger partial charge in [-0.1, -0.05) is 20.3 Å². The third-order valence-corrected chi connectivity index (χ3v) is 11.3. The standard InChI is InChI=1S/C38H77N5O21/c1-4-8-19-20(47)13-27(60-34(19)29(54)21(48)16-44)61-37-32(57)31(56)33(58)38(63-37)62-35-22(17-45)59-36(28(30(35)55)41-18(3)46)64-42-24(50)10-7-6-9-23(49)40-12-11-39-14-25(51)43(5-2)15-26(52)53/h18-42,44-58H,4-17H2,1-3H3. The number of aliphatic hydroxyl groups excluding tert-OH is 14. The van der Waals surface area contributed by atoms with Gasteiger partial charge in [0, 0.05) is 32.0 Å². The van der Waals surface area contributed by atoms with Gasteiger partial charge in [0.25, 0.3) is 0 Å². The van der Waals surface area contributed by atoms with Gasteiger partial charge in [-0.15, -0.1) is 0 Å². The lowest BCUT2D eigenvalue weighted by atomic mass is 9.83. The fourth-order valence-corrected chi connectivity index (χ4v) is 7.84. The Hall–Kier alpha value is -1.04. The van der Waals surface area contributed by atoms with Crippen molar-refractivity contribution in [1.82, 2.24) is 26.3 Å². The summed E-state index contributed by atoms with van der Waals surface area (Å²) < 4.78 is 29.0. The minimum absolute atomic E-state index is 0.0993. The van der Waals surface area contributed by atoms with E-state index in [1.54, 1.807) is 6.92 Å². The van der Waals surface area contributed by atoms with Crippen LogP contribution in [-0.4, -0.2) is 251 Å². The fourth-order valence-electron chi connectivity index (χ4n) is 7.84. The molecule has 20 unspecified atom stereocenters. The first-order valence-electron chi connectivity index (χ1n) is 22.1. The highest BCUT2D eigenvalue weighted by Gasteiger charge is 2.53. The topological polar surface area (TPSA) is 410 Å². The van der Waals surface area contributed by atoms with Crippen LogP contribution in [0.25, 0.3) is 0 Å². The average molecular weight is 940 g/mol. The van der Waals surface area contributed by atoms with Crippen molar-refractivity contribution in [2.45, 2.75) is 189 Å².